The zero-order chi connectivity index (χ0) is 15.8. The topological polar surface area (TPSA) is 106 Å². The number of hydrogen-bond donors (Lipinski definition) is 3. The Morgan fingerprint density at radius 1 is 0.952 bits per heavy atom. The van der Waals surface area contributed by atoms with Crippen molar-refractivity contribution in [1.29, 1.82) is 0 Å². The maximum absolute atomic E-state index is 11.3. The molecule has 0 aliphatic rings. The highest BCUT2D eigenvalue weighted by atomic mass is 16.5. The summed E-state index contributed by atoms with van der Waals surface area (Å²) in [6, 6.07) is 0. The molecular weight excluding hydrogens is 280 g/mol. The van der Waals surface area contributed by atoms with Gasteiger partial charge in [0.25, 0.3) is 0 Å². The van der Waals surface area contributed by atoms with Crippen molar-refractivity contribution in [1.82, 2.24) is 10.6 Å². The molecule has 3 N–H and O–H groups in total. The second-order valence-electron chi connectivity index (χ2n) is 4.20. The van der Waals surface area contributed by atoms with Gasteiger partial charge >= 0.3 is 5.97 Å². The molecule has 0 aliphatic heterocycles. The van der Waals surface area contributed by atoms with Crippen molar-refractivity contribution in [3.63, 3.8) is 0 Å². The van der Waals surface area contributed by atoms with Crippen molar-refractivity contribution in [2.45, 2.75) is 13.3 Å². The lowest BCUT2D eigenvalue weighted by Crippen LogP contribution is -2.36. The van der Waals surface area contributed by atoms with Crippen LogP contribution >= 0.6 is 0 Å². The molecule has 0 fully saturated rings. The van der Waals surface area contributed by atoms with E-state index in [1.54, 1.807) is 0 Å². The molecule has 0 aliphatic carbocycles. The van der Waals surface area contributed by atoms with Gasteiger partial charge in [-0.3, -0.25) is 4.79 Å². The molecule has 0 radical (unpaired) electrons. The Bertz CT molecular complexity index is 275. The summed E-state index contributed by atoms with van der Waals surface area (Å²) in [6.45, 7) is 5.18. The van der Waals surface area contributed by atoms with Gasteiger partial charge in [-0.1, -0.05) is 6.92 Å². The number of carboxylic acid groups (broad SMARTS) is 1. The normalized spacial score (nSPS) is 10.5. The van der Waals surface area contributed by atoms with Crippen LogP contribution in [-0.2, 0) is 23.8 Å². The fourth-order valence-electron chi connectivity index (χ4n) is 1.30. The molecule has 0 spiro atoms. The molecule has 0 atom stereocenters. The zero-order valence-corrected chi connectivity index (χ0v) is 12.6. The molecule has 0 unspecified atom stereocenters. The van der Waals surface area contributed by atoms with Crippen molar-refractivity contribution in [3.8, 4) is 0 Å². The molecule has 0 aromatic heterocycles. The lowest BCUT2D eigenvalue weighted by molar-refractivity contribution is -0.142. The number of nitrogens with one attached hydrogen (secondary N) is 2. The van der Waals surface area contributed by atoms with E-state index in [0.29, 0.717) is 39.5 Å². The number of rotatable bonds is 15. The van der Waals surface area contributed by atoms with Crippen LogP contribution in [0.25, 0.3) is 0 Å². The fraction of sp³-hybridized carbons (Fsp3) is 0.846. The summed E-state index contributed by atoms with van der Waals surface area (Å²) in [5.41, 5.74) is 0. The van der Waals surface area contributed by atoms with Crippen LogP contribution in [0.2, 0.25) is 0 Å². The lowest BCUT2D eigenvalue weighted by Gasteiger charge is -2.07. The monoisotopic (exact) mass is 306 g/mol. The smallest absolute Gasteiger partial charge is 0.329 e. The summed E-state index contributed by atoms with van der Waals surface area (Å²) < 4.78 is 15.2. The Morgan fingerprint density at radius 2 is 1.57 bits per heavy atom. The van der Waals surface area contributed by atoms with E-state index in [4.69, 9.17) is 19.3 Å². The quantitative estimate of drug-likeness (QED) is 0.341. The molecule has 8 nitrogen and oxygen atoms in total. The van der Waals surface area contributed by atoms with Gasteiger partial charge in [0.05, 0.1) is 39.6 Å². The molecule has 21 heavy (non-hydrogen) atoms. The highest BCUT2D eigenvalue weighted by Gasteiger charge is 1.99. The second kappa shape index (κ2) is 15.2. The Morgan fingerprint density at radius 3 is 2.19 bits per heavy atom. The summed E-state index contributed by atoms with van der Waals surface area (Å²) in [5.74, 6) is -1.04. The average Bonchev–Trinajstić information content (AvgIpc) is 2.44. The van der Waals surface area contributed by atoms with Crippen molar-refractivity contribution in [3.05, 3.63) is 0 Å². The molecule has 0 saturated heterocycles. The van der Waals surface area contributed by atoms with Gasteiger partial charge in [-0.05, 0) is 13.0 Å². The minimum Gasteiger partial charge on any atom is -0.480 e. The average molecular weight is 306 g/mol. The standard InChI is InChI=1S/C13H26N2O6/c1-2-3-14-10-12(16)15-4-5-19-6-7-20-8-9-21-11-13(17)18/h14H,2-11H2,1H3,(H,15,16)(H,17,18). The van der Waals surface area contributed by atoms with Crippen LogP contribution in [0.3, 0.4) is 0 Å². The summed E-state index contributed by atoms with van der Waals surface area (Å²) in [5, 5.41) is 14.1. The predicted octanol–water partition coefficient (Wildman–Crippen LogP) is -0.763. The van der Waals surface area contributed by atoms with E-state index < -0.39 is 5.97 Å². The number of carbonyl (C=O) groups excluding carboxylic acids is 1. The SMILES string of the molecule is CCCNCC(=O)NCCOCCOCCOCC(=O)O. The number of ether oxygens (including phenoxy) is 3. The van der Waals surface area contributed by atoms with E-state index in [1.807, 2.05) is 6.92 Å². The van der Waals surface area contributed by atoms with Gasteiger partial charge in [0, 0.05) is 6.54 Å². The molecule has 0 rings (SSSR count). The molecular formula is C13H26N2O6. The summed E-state index contributed by atoms with van der Waals surface area (Å²) in [4.78, 5) is 21.4. The Kier molecular flexibility index (Phi) is 14.3. The maximum atomic E-state index is 11.3. The van der Waals surface area contributed by atoms with Crippen LogP contribution in [0.5, 0.6) is 0 Å². The Hall–Kier alpha value is -1.22. The van der Waals surface area contributed by atoms with Crippen LogP contribution in [0.1, 0.15) is 13.3 Å². The first-order valence-electron chi connectivity index (χ1n) is 7.09. The van der Waals surface area contributed by atoms with E-state index in [-0.39, 0.29) is 19.1 Å². The van der Waals surface area contributed by atoms with Gasteiger partial charge in [-0.25, -0.2) is 4.79 Å². The van der Waals surface area contributed by atoms with E-state index >= 15 is 0 Å². The third kappa shape index (κ3) is 16.7. The molecule has 0 aromatic carbocycles. The van der Waals surface area contributed by atoms with Gasteiger partial charge < -0.3 is 30.0 Å². The van der Waals surface area contributed by atoms with Crippen molar-refractivity contribution in [2.75, 3.05) is 59.3 Å². The molecule has 0 aromatic rings. The predicted molar refractivity (Wildman–Crippen MR) is 76.3 cm³/mol. The third-order valence-corrected chi connectivity index (χ3v) is 2.25. The molecule has 0 saturated carbocycles. The molecule has 0 heterocycles. The molecule has 1 amide bonds. The van der Waals surface area contributed by atoms with Crippen LogP contribution in [-0.4, -0.2) is 76.3 Å². The van der Waals surface area contributed by atoms with Gasteiger partial charge in [-0.2, -0.15) is 0 Å². The number of carboxylic acids is 1. The highest BCUT2D eigenvalue weighted by Crippen LogP contribution is 1.81. The van der Waals surface area contributed by atoms with Gasteiger partial charge in [-0.15, -0.1) is 0 Å². The van der Waals surface area contributed by atoms with Crippen molar-refractivity contribution >= 4 is 11.9 Å². The van der Waals surface area contributed by atoms with Crippen LogP contribution in [0.4, 0.5) is 0 Å². The first-order chi connectivity index (χ1) is 10.2. The Labute approximate surface area is 125 Å². The fourth-order valence-corrected chi connectivity index (χ4v) is 1.30. The molecule has 0 bridgehead atoms. The van der Waals surface area contributed by atoms with Gasteiger partial charge in [0.2, 0.25) is 5.91 Å². The largest absolute Gasteiger partial charge is 0.480 e. The third-order valence-electron chi connectivity index (χ3n) is 2.25. The number of amides is 1. The first kappa shape index (κ1) is 19.8. The van der Waals surface area contributed by atoms with Gasteiger partial charge in [0.15, 0.2) is 0 Å². The second-order valence-corrected chi connectivity index (χ2v) is 4.20. The van der Waals surface area contributed by atoms with Crippen LogP contribution in [0, 0.1) is 0 Å². The molecule has 124 valence electrons. The van der Waals surface area contributed by atoms with Crippen molar-refractivity contribution < 1.29 is 28.9 Å². The summed E-state index contributed by atoms with van der Waals surface area (Å²) >= 11 is 0. The minimum absolute atomic E-state index is 0.0427. The van der Waals surface area contributed by atoms with Crippen LogP contribution < -0.4 is 10.6 Å². The van der Waals surface area contributed by atoms with Crippen LogP contribution in [0.15, 0.2) is 0 Å². The number of aliphatic carboxylic acids is 1. The summed E-state index contributed by atoms with van der Waals surface area (Å²) in [7, 11) is 0. The molecule has 8 heteroatoms. The van der Waals surface area contributed by atoms with E-state index in [1.165, 1.54) is 0 Å². The highest BCUT2D eigenvalue weighted by molar-refractivity contribution is 5.77. The van der Waals surface area contributed by atoms with Gasteiger partial charge in [0.1, 0.15) is 6.61 Å². The number of carbonyl (C=O) groups is 2. The number of hydrogen-bond acceptors (Lipinski definition) is 6. The lowest BCUT2D eigenvalue weighted by atomic mass is 10.4. The van der Waals surface area contributed by atoms with E-state index in [9.17, 15) is 9.59 Å². The zero-order valence-electron chi connectivity index (χ0n) is 12.6. The minimum atomic E-state index is -0.995. The maximum Gasteiger partial charge on any atom is 0.329 e. The first-order valence-corrected chi connectivity index (χ1v) is 7.09. The van der Waals surface area contributed by atoms with Crippen molar-refractivity contribution in [2.24, 2.45) is 0 Å². The Balaban J connectivity index is 3.11. The van der Waals surface area contributed by atoms with E-state index in [2.05, 4.69) is 10.6 Å². The summed E-state index contributed by atoms with van der Waals surface area (Å²) in [6.07, 6.45) is 0.998. The van der Waals surface area contributed by atoms with E-state index in [0.717, 1.165) is 13.0 Å².